The third-order valence-electron chi connectivity index (χ3n) is 2.62. The molecule has 0 bridgehead atoms. The smallest absolute Gasteiger partial charge is 0.307 e. The minimum Gasteiger partial charge on any atom is -0.481 e. The third kappa shape index (κ3) is 1.90. The van der Waals surface area contributed by atoms with Crippen LogP contribution in [0, 0.1) is 0 Å². The van der Waals surface area contributed by atoms with Crippen molar-refractivity contribution in [2.45, 2.75) is 13.0 Å². The van der Waals surface area contributed by atoms with E-state index in [4.69, 9.17) is 5.11 Å². The van der Waals surface area contributed by atoms with Gasteiger partial charge in [0.1, 0.15) is 0 Å². The van der Waals surface area contributed by atoms with E-state index in [1.165, 1.54) is 0 Å². The topological polar surface area (TPSA) is 57.5 Å². The molecule has 0 aliphatic carbocycles. The number of hydrogen-bond acceptors (Lipinski definition) is 2. The highest BCUT2D eigenvalue weighted by molar-refractivity contribution is 5.91. The zero-order valence-electron chi connectivity index (χ0n) is 8.68. The maximum absolute atomic E-state index is 10.7. The molecule has 0 aliphatic heterocycles. The lowest BCUT2D eigenvalue weighted by atomic mass is 9.98. The first-order valence-electron chi connectivity index (χ1n) is 5.04. The van der Waals surface area contributed by atoms with Crippen LogP contribution in [0.15, 0.2) is 36.4 Å². The summed E-state index contributed by atoms with van der Waals surface area (Å²) >= 11 is 0. The van der Waals surface area contributed by atoms with Crippen molar-refractivity contribution >= 4 is 16.7 Å². The maximum Gasteiger partial charge on any atom is 0.307 e. The van der Waals surface area contributed by atoms with Crippen molar-refractivity contribution in [3.63, 3.8) is 0 Å². The highest BCUT2D eigenvalue weighted by atomic mass is 16.4. The van der Waals surface area contributed by atoms with Crippen LogP contribution in [0.1, 0.15) is 11.1 Å². The largest absolute Gasteiger partial charge is 0.481 e. The fraction of sp³-hybridized carbons (Fsp3) is 0.154. The van der Waals surface area contributed by atoms with Crippen LogP contribution in [0.4, 0.5) is 0 Å². The molecule has 0 spiro atoms. The van der Waals surface area contributed by atoms with Gasteiger partial charge in [0.05, 0.1) is 13.0 Å². The van der Waals surface area contributed by atoms with Crippen LogP contribution in [0.2, 0.25) is 0 Å². The van der Waals surface area contributed by atoms with Crippen LogP contribution in [0.3, 0.4) is 0 Å². The van der Waals surface area contributed by atoms with Crippen LogP contribution in [-0.4, -0.2) is 16.2 Å². The molecule has 0 fully saturated rings. The summed E-state index contributed by atoms with van der Waals surface area (Å²) in [4.78, 5) is 10.7. The quantitative estimate of drug-likeness (QED) is 0.824. The molecule has 0 saturated heterocycles. The van der Waals surface area contributed by atoms with Gasteiger partial charge in [-0.05, 0) is 21.9 Å². The van der Waals surface area contributed by atoms with Crippen LogP contribution in [0.5, 0.6) is 0 Å². The van der Waals surface area contributed by atoms with E-state index in [2.05, 4.69) is 0 Å². The molecule has 2 aromatic carbocycles. The van der Waals surface area contributed by atoms with Crippen LogP contribution < -0.4 is 0 Å². The van der Waals surface area contributed by atoms with E-state index in [0.717, 1.165) is 21.9 Å². The molecule has 0 unspecified atom stereocenters. The van der Waals surface area contributed by atoms with Gasteiger partial charge >= 0.3 is 5.97 Å². The summed E-state index contributed by atoms with van der Waals surface area (Å²) in [5, 5.41) is 19.8. The zero-order chi connectivity index (χ0) is 11.5. The Morgan fingerprint density at radius 2 is 1.56 bits per heavy atom. The molecule has 0 heterocycles. The molecule has 2 N–H and O–H groups in total. The monoisotopic (exact) mass is 216 g/mol. The number of aliphatic carboxylic acids is 1. The first-order chi connectivity index (χ1) is 7.72. The number of carboxylic acid groups (broad SMARTS) is 1. The van der Waals surface area contributed by atoms with Gasteiger partial charge in [-0.1, -0.05) is 36.4 Å². The van der Waals surface area contributed by atoms with Crippen molar-refractivity contribution in [2.75, 3.05) is 0 Å². The van der Waals surface area contributed by atoms with E-state index in [1.54, 1.807) is 12.1 Å². The molecule has 3 heteroatoms. The number of rotatable bonds is 3. The third-order valence-corrected chi connectivity index (χ3v) is 2.62. The van der Waals surface area contributed by atoms with Crippen LogP contribution >= 0.6 is 0 Å². The Morgan fingerprint density at radius 3 is 2.12 bits per heavy atom. The molecule has 0 aliphatic rings. The average molecular weight is 216 g/mol. The Hall–Kier alpha value is -1.87. The first kappa shape index (κ1) is 10.6. The predicted octanol–water partition coefficient (Wildman–Crippen LogP) is 1.96. The molecule has 82 valence electrons. The molecule has 0 amide bonds. The molecule has 16 heavy (non-hydrogen) atoms. The van der Waals surface area contributed by atoms with E-state index >= 15 is 0 Å². The second-order valence-corrected chi connectivity index (χ2v) is 3.66. The van der Waals surface area contributed by atoms with Crippen LogP contribution in [0.25, 0.3) is 10.8 Å². The van der Waals surface area contributed by atoms with Crippen molar-refractivity contribution in [3.05, 3.63) is 47.5 Å². The summed E-state index contributed by atoms with van der Waals surface area (Å²) in [6.45, 7) is -0.0339. The number of carbonyl (C=O) groups is 1. The molecule has 0 aromatic heterocycles. The highest BCUT2D eigenvalue weighted by Gasteiger charge is 2.07. The summed E-state index contributed by atoms with van der Waals surface area (Å²) in [7, 11) is 0. The summed E-state index contributed by atoms with van der Waals surface area (Å²) in [5.41, 5.74) is 1.60. The van der Waals surface area contributed by atoms with Gasteiger partial charge in [-0.2, -0.15) is 0 Å². The van der Waals surface area contributed by atoms with E-state index < -0.39 is 5.97 Å². The van der Waals surface area contributed by atoms with E-state index in [0.29, 0.717) is 0 Å². The first-order valence-corrected chi connectivity index (χ1v) is 5.04. The summed E-state index contributed by atoms with van der Waals surface area (Å²) in [6.07, 6.45) is 0.00617. The Labute approximate surface area is 93.0 Å². The number of carboxylic acids is 1. The van der Waals surface area contributed by atoms with Gasteiger partial charge < -0.3 is 10.2 Å². The van der Waals surface area contributed by atoms with Gasteiger partial charge in [0.25, 0.3) is 0 Å². The second kappa shape index (κ2) is 4.33. The summed E-state index contributed by atoms with van der Waals surface area (Å²) in [5.74, 6) is -0.845. The normalized spacial score (nSPS) is 10.6. The number of aliphatic hydroxyl groups is 1. The van der Waals surface area contributed by atoms with Crippen molar-refractivity contribution < 1.29 is 15.0 Å². The lowest BCUT2D eigenvalue weighted by Crippen LogP contribution is -2.01. The molecule has 2 aromatic rings. The molecule has 0 radical (unpaired) electrons. The van der Waals surface area contributed by atoms with Gasteiger partial charge in [0.15, 0.2) is 0 Å². The molecule has 3 nitrogen and oxygen atoms in total. The van der Waals surface area contributed by atoms with Crippen LogP contribution in [-0.2, 0) is 17.8 Å². The van der Waals surface area contributed by atoms with Gasteiger partial charge in [0.2, 0.25) is 0 Å². The predicted molar refractivity (Wildman–Crippen MR) is 61.2 cm³/mol. The molecule has 0 saturated carbocycles. The highest BCUT2D eigenvalue weighted by Crippen LogP contribution is 2.23. The molecule has 0 atom stereocenters. The number of benzene rings is 2. The van der Waals surface area contributed by atoms with Crippen molar-refractivity contribution in [2.24, 2.45) is 0 Å². The fourth-order valence-corrected chi connectivity index (χ4v) is 1.88. The Kier molecular flexibility index (Phi) is 2.88. The molecule has 2 rings (SSSR count). The standard InChI is InChI=1S/C13H12O3/c14-8-10-6-5-9(7-13(15)16)11-3-1-2-4-12(10)11/h1-6,14H,7-8H2,(H,15,16). The fourth-order valence-electron chi connectivity index (χ4n) is 1.88. The molecular formula is C13H12O3. The Balaban J connectivity index is 2.64. The molecular weight excluding hydrogens is 204 g/mol. The Bertz CT molecular complexity index is 532. The minimum absolute atomic E-state index is 0.00617. The lowest BCUT2D eigenvalue weighted by Gasteiger charge is -2.08. The summed E-state index contributed by atoms with van der Waals surface area (Å²) < 4.78 is 0. The number of hydrogen-bond donors (Lipinski definition) is 2. The van der Waals surface area contributed by atoms with E-state index in [9.17, 15) is 9.90 Å². The van der Waals surface area contributed by atoms with Gasteiger partial charge in [-0.3, -0.25) is 4.79 Å². The van der Waals surface area contributed by atoms with Gasteiger partial charge in [-0.15, -0.1) is 0 Å². The Morgan fingerprint density at radius 1 is 1.00 bits per heavy atom. The minimum atomic E-state index is -0.845. The zero-order valence-corrected chi connectivity index (χ0v) is 8.68. The number of aliphatic hydroxyl groups excluding tert-OH is 1. The SMILES string of the molecule is O=C(O)Cc1ccc(CO)c2ccccc12. The van der Waals surface area contributed by atoms with Crippen molar-refractivity contribution in [1.29, 1.82) is 0 Å². The summed E-state index contributed by atoms with van der Waals surface area (Å²) in [6, 6.07) is 11.1. The second-order valence-electron chi connectivity index (χ2n) is 3.66. The van der Waals surface area contributed by atoms with Crippen molar-refractivity contribution in [1.82, 2.24) is 0 Å². The number of fused-ring (bicyclic) bond motifs is 1. The lowest BCUT2D eigenvalue weighted by molar-refractivity contribution is -0.136. The van der Waals surface area contributed by atoms with E-state index in [1.807, 2.05) is 24.3 Å². The van der Waals surface area contributed by atoms with Crippen molar-refractivity contribution in [3.8, 4) is 0 Å². The average Bonchev–Trinajstić information content (AvgIpc) is 2.29. The van der Waals surface area contributed by atoms with E-state index in [-0.39, 0.29) is 13.0 Å². The van der Waals surface area contributed by atoms with Gasteiger partial charge in [0, 0.05) is 0 Å². The maximum atomic E-state index is 10.7. The van der Waals surface area contributed by atoms with Gasteiger partial charge in [-0.25, -0.2) is 0 Å².